The maximum absolute atomic E-state index is 11.1. The monoisotopic (exact) mass is 276 g/mol. The summed E-state index contributed by atoms with van der Waals surface area (Å²) in [6.45, 7) is 0.795. The first kappa shape index (κ1) is 14.1. The van der Waals surface area contributed by atoms with Crippen molar-refractivity contribution in [3.63, 3.8) is 0 Å². The number of benzene rings is 1. The molecule has 0 radical (unpaired) electrons. The van der Waals surface area contributed by atoms with E-state index < -0.39 is 5.97 Å². The second-order valence-electron chi connectivity index (χ2n) is 4.07. The van der Waals surface area contributed by atoms with Crippen molar-refractivity contribution in [3.8, 4) is 5.75 Å². The highest BCUT2D eigenvalue weighted by Gasteiger charge is 2.20. The molecule has 0 fully saturated rings. The van der Waals surface area contributed by atoms with E-state index in [1.807, 2.05) is 24.3 Å². The number of carbonyl (C=O) groups is 1. The van der Waals surface area contributed by atoms with Gasteiger partial charge in [0, 0.05) is 0 Å². The number of carbonyl (C=O) groups excluding carboxylic acids is 1. The predicted molar refractivity (Wildman–Crippen MR) is 71.9 cm³/mol. The lowest BCUT2D eigenvalue weighted by atomic mass is 10.2. The molecule has 5 nitrogen and oxygen atoms in total. The van der Waals surface area contributed by atoms with Crippen LogP contribution in [0.1, 0.15) is 5.56 Å². The molecule has 0 saturated heterocycles. The summed E-state index contributed by atoms with van der Waals surface area (Å²) in [6.07, 6.45) is 2.97. The van der Waals surface area contributed by atoms with Crippen LogP contribution in [0.15, 0.2) is 47.9 Å². The fraction of sp³-hybridized carbons (Fsp3) is 0.267. The maximum Gasteiger partial charge on any atom is 0.340 e. The van der Waals surface area contributed by atoms with Crippen LogP contribution in [0.3, 0.4) is 0 Å². The van der Waals surface area contributed by atoms with Gasteiger partial charge >= 0.3 is 5.97 Å². The Labute approximate surface area is 117 Å². The Hall–Kier alpha value is -2.27. The highest BCUT2D eigenvalue weighted by molar-refractivity contribution is 5.87. The van der Waals surface area contributed by atoms with Gasteiger partial charge in [-0.2, -0.15) is 0 Å². The first-order valence-electron chi connectivity index (χ1n) is 6.11. The van der Waals surface area contributed by atoms with E-state index in [0.29, 0.717) is 24.7 Å². The Bertz CT molecular complexity index is 528. The van der Waals surface area contributed by atoms with Crippen LogP contribution in [-0.4, -0.2) is 26.8 Å². The van der Waals surface area contributed by atoms with Gasteiger partial charge in [0.2, 0.25) is 0 Å². The molecule has 0 N–H and O–H groups in total. The summed E-state index contributed by atoms with van der Waals surface area (Å²) < 4.78 is 20.5. The Balaban J connectivity index is 1.81. The van der Waals surface area contributed by atoms with Crippen LogP contribution in [0.25, 0.3) is 0 Å². The fourth-order valence-corrected chi connectivity index (χ4v) is 1.70. The molecule has 106 valence electrons. The molecule has 2 rings (SSSR count). The summed E-state index contributed by atoms with van der Waals surface area (Å²) in [5.74, 6) is 1.20. The van der Waals surface area contributed by atoms with E-state index in [1.165, 1.54) is 13.2 Å². The summed E-state index contributed by atoms with van der Waals surface area (Å²) >= 11 is 0. The topological polar surface area (TPSA) is 54.0 Å². The number of methoxy groups -OCH3 is 2. The van der Waals surface area contributed by atoms with Crippen molar-refractivity contribution in [2.75, 3.05) is 20.8 Å². The quantitative estimate of drug-likeness (QED) is 0.589. The molecule has 1 aromatic rings. The summed E-state index contributed by atoms with van der Waals surface area (Å²) in [5, 5.41) is 0. The molecule has 0 amide bonds. The molecule has 0 atom stereocenters. The second kappa shape index (κ2) is 6.77. The smallest absolute Gasteiger partial charge is 0.340 e. The lowest BCUT2D eigenvalue weighted by Crippen LogP contribution is -1.97. The van der Waals surface area contributed by atoms with Crippen LogP contribution in [0, 0.1) is 0 Å². The van der Waals surface area contributed by atoms with Gasteiger partial charge in [-0.25, -0.2) is 4.79 Å². The standard InChI is InChI=1S/C15H16O5/c1-17-12-5-3-11(4-6-12)10-19-8-7-13-14(18-2)9-15(16)20-13/h3-7,9H,8,10H2,1-2H3/b13-7-. The molecule has 0 aliphatic carbocycles. The van der Waals surface area contributed by atoms with Crippen LogP contribution in [0.2, 0.25) is 0 Å². The normalized spacial score (nSPS) is 16.0. The van der Waals surface area contributed by atoms with Crippen LogP contribution < -0.4 is 4.74 Å². The van der Waals surface area contributed by atoms with E-state index in [9.17, 15) is 4.79 Å². The third-order valence-electron chi connectivity index (χ3n) is 2.74. The molecule has 20 heavy (non-hydrogen) atoms. The average Bonchev–Trinajstić information content (AvgIpc) is 2.84. The number of esters is 1. The lowest BCUT2D eigenvalue weighted by molar-refractivity contribution is -0.132. The highest BCUT2D eigenvalue weighted by Crippen LogP contribution is 2.19. The number of rotatable bonds is 6. The van der Waals surface area contributed by atoms with E-state index >= 15 is 0 Å². The molecular formula is C15H16O5. The zero-order valence-corrected chi connectivity index (χ0v) is 11.4. The van der Waals surface area contributed by atoms with Gasteiger partial charge in [0.05, 0.1) is 33.5 Å². The Morgan fingerprint density at radius 3 is 2.55 bits per heavy atom. The minimum Gasteiger partial charge on any atom is -0.497 e. The molecule has 1 aromatic carbocycles. The minimum atomic E-state index is -0.428. The van der Waals surface area contributed by atoms with Gasteiger partial charge in [-0.15, -0.1) is 0 Å². The Morgan fingerprint density at radius 1 is 1.15 bits per heavy atom. The minimum absolute atomic E-state index is 0.329. The van der Waals surface area contributed by atoms with Gasteiger partial charge < -0.3 is 18.9 Å². The Kier molecular flexibility index (Phi) is 4.79. The fourth-order valence-electron chi connectivity index (χ4n) is 1.70. The molecule has 1 aliphatic rings. The molecule has 5 heteroatoms. The number of hydrogen-bond donors (Lipinski definition) is 0. The molecule has 0 bridgehead atoms. The summed E-state index contributed by atoms with van der Waals surface area (Å²) in [7, 11) is 3.11. The third-order valence-corrected chi connectivity index (χ3v) is 2.74. The molecule has 0 spiro atoms. The van der Waals surface area contributed by atoms with Crippen molar-refractivity contribution in [1.29, 1.82) is 0 Å². The van der Waals surface area contributed by atoms with Crippen LogP contribution in [-0.2, 0) is 25.6 Å². The zero-order chi connectivity index (χ0) is 14.4. The van der Waals surface area contributed by atoms with E-state index in [4.69, 9.17) is 18.9 Å². The lowest BCUT2D eigenvalue weighted by Gasteiger charge is -2.05. The SMILES string of the molecule is COC1=CC(=O)O/C1=C\COCc1ccc(OC)cc1. The molecule has 0 aromatic heterocycles. The van der Waals surface area contributed by atoms with E-state index in [-0.39, 0.29) is 0 Å². The molecule has 0 unspecified atom stereocenters. The van der Waals surface area contributed by atoms with Gasteiger partial charge in [-0.1, -0.05) is 12.1 Å². The number of ether oxygens (including phenoxy) is 4. The highest BCUT2D eigenvalue weighted by atomic mass is 16.6. The van der Waals surface area contributed by atoms with Crippen molar-refractivity contribution in [3.05, 3.63) is 53.5 Å². The summed E-state index contributed by atoms with van der Waals surface area (Å²) in [6, 6.07) is 7.62. The van der Waals surface area contributed by atoms with Gasteiger partial charge in [0.15, 0.2) is 11.5 Å². The van der Waals surface area contributed by atoms with Crippen LogP contribution in [0.4, 0.5) is 0 Å². The Morgan fingerprint density at radius 2 is 1.90 bits per heavy atom. The third kappa shape index (κ3) is 3.61. The summed E-state index contributed by atoms with van der Waals surface area (Å²) in [5.41, 5.74) is 1.04. The molecular weight excluding hydrogens is 260 g/mol. The number of hydrogen-bond acceptors (Lipinski definition) is 5. The zero-order valence-electron chi connectivity index (χ0n) is 11.4. The van der Waals surface area contributed by atoms with E-state index in [0.717, 1.165) is 11.3 Å². The van der Waals surface area contributed by atoms with Gasteiger partial charge in [-0.3, -0.25) is 0 Å². The van der Waals surface area contributed by atoms with Gasteiger partial charge in [0.25, 0.3) is 0 Å². The van der Waals surface area contributed by atoms with Crippen molar-refractivity contribution < 1.29 is 23.7 Å². The van der Waals surface area contributed by atoms with E-state index in [1.54, 1.807) is 13.2 Å². The van der Waals surface area contributed by atoms with Crippen molar-refractivity contribution in [2.45, 2.75) is 6.61 Å². The molecule has 1 aliphatic heterocycles. The maximum atomic E-state index is 11.1. The summed E-state index contributed by atoms with van der Waals surface area (Å²) in [4.78, 5) is 11.1. The van der Waals surface area contributed by atoms with Gasteiger partial charge in [0.1, 0.15) is 5.75 Å². The van der Waals surface area contributed by atoms with Crippen molar-refractivity contribution >= 4 is 5.97 Å². The first-order valence-corrected chi connectivity index (χ1v) is 6.11. The van der Waals surface area contributed by atoms with Crippen LogP contribution >= 0.6 is 0 Å². The molecule has 1 heterocycles. The second-order valence-corrected chi connectivity index (χ2v) is 4.07. The molecule has 0 saturated carbocycles. The van der Waals surface area contributed by atoms with Crippen LogP contribution in [0.5, 0.6) is 5.75 Å². The van der Waals surface area contributed by atoms with Gasteiger partial charge in [-0.05, 0) is 23.8 Å². The first-order chi connectivity index (χ1) is 9.72. The number of cyclic esters (lactones) is 1. The largest absolute Gasteiger partial charge is 0.497 e. The van der Waals surface area contributed by atoms with Crippen molar-refractivity contribution in [1.82, 2.24) is 0 Å². The average molecular weight is 276 g/mol. The predicted octanol–water partition coefficient (Wildman–Crippen LogP) is 2.18. The van der Waals surface area contributed by atoms with Crippen molar-refractivity contribution in [2.24, 2.45) is 0 Å². The van der Waals surface area contributed by atoms with E-state index in [2.05, 4.69) is 0 Å².